The van der Waals surface area contributed by atoms with Crippen LogP contribution in [0.25, 0.3) is 0 Å². The largest absolute Gasteiger partial charge is 0.476 e. The summed E-state index contributed by atoms with van der Waals surface area (Å²) in [6.07, 6.45) is 2.57. The van der Waals surface area contributed by atoms with E-state index in [1.165, 1.54) is 12.4 Å². The molecular formula is C12H8IN3O3. The Bertz CT molecular complexity index is 628. The molecule has 1 aromatic heterocycles. The summed E-state index contributed by atoms with van der Waals surface area (Å²) in [5.41, 5.74) is 0.128. The van der Waals surface area contributed by atoms with Crippen molar-refractivity contribution < 1.29 is 14.7 Å². The van der Waals surface area contributed by atoms with Crippen LogP contribution in [0.3, 0.4) is 0 Å². The molecule has 0 bridgehead atoms. The van der Waals surface area contributed by atoms with E-state index in [1.807, 2.05) is 0 Å². The standard InChI is InChI=1S/C12H8IN3O3/c13-8-3-1-7(2-4-8)11(17)16-10-9(12(18)19)14-5-6-15-10/h1-6H,(H,18,19)(H,15,16,17). The van der Waals surface area contributed by atoms with Gasteiger partial charge in [0.25, 0.3) is 5.91 Å². The second-order valence-electron chi connectivity index (χ2n) is 3.52. The lowest BCUT2D eigenvalue weighted by molar-refractivity contribution is 0.0691. The third kappa shape index (κ3) is 3.25. The number of aromatic carboxylic acids is 1. The summed E-state index contributed by atoms with van der Waals surface area (Å²) in [5.74, 6) is -1.75. The molecule has 1 heterocycles. The minimum absolute atomic E-state index is 0.0708. The number of halogens is 1. The van der Waals surface area contributed by atoms with Gasteiger partial charge in [-0.1, -0.05) is 0 Å². The number of carbonyl (C=O) groups is 2. The van der Waals surface area contributed by atoms with Crippen LogP contribution in [0.5, 0.6) is 0 Å². The highest BCUT2D eigenvalue weighted by Crippen LogP contribution is 2.12. The van der Waals surface area contributed by atoms with Gasteiger partial charge in [0.05, 0.1) is 0 Å². The van der Waals surface area contributed by atoms with Crippen LogP contribution >= 0.6 is 22.6 Å². The summed E-state index contributed by atoms with van der Waals surface area (Å²) in [4.78, 5) is 30.3. The smallest absolute Gasteiger partial charge is 0.358 e. The molecule has 0 atom stereocenters. The van der Waals surface area contributed by atoms with E-state index >= 15 is 0 Å². The minimum Gasteiger partial charge on any atom is -0.476 e. The molecule has 0 aliphatic rings. The first-order chi connectivity index (χ1) is 9.08. The van der Waals surface area contributed by atoms with Crippen LogP contribution < -0.4 is 5.32 Å². The normalized spacial score (nSPS) is 9.95. The van der Waals surface area contributed by atoms with E-state index in [2.05, 4.69) is 37.9 Å². The third-order valence-corrected chi connectivity index (χ3v) is 2.96. The second kappa shape index (κ2) is 5.74. The molecule has 0 unspecified atom stereocenters. The van der Waals surface area contributed by atoms with Crippen LogP contribution in [0.15, 0.2) is 36.7 Å². The Kier molecular flexibility index (Phi) is 4.05. The molecule has 0 radical (unpaired) electrons. The van der Waals surface area contributed by atoms with E-state index in [9.17, 15) is 9.59 Å². The van der Waals surface area contributed by atoms with E-state index in [0.717, 1.165) is 3.57 Å². The number of benzene rings is 1. The molecule has 1 amide bonds. The van der Waals surface area contributed by atoms with Crippen molar-refractivity contribution in [1.29, 1.82) is 0 Å². The van der Waals surface area contributed by atoms with E-state index < -0.39 is 11.9 Å². The molecule has 0 aliphatic carbocycles. The number of carbonyl (C=O) groups excluding carboxylic acids is 1. The van der Waals surface area contributed by atoms with Gasteiger partial charge in [-0.3, -0.25) is 4.79 Å². The molecule has 2 rings (SSSR count). The quantitative estimate of drug-likeness (QED) is 0.808. The van der Waals surface area contributed by atoms with Gasteiger partial charge in [0.1, 0.15) is 0 Å². The molecule has 7 heteroatoms. The summed E-state index contributed by atoms with van der Waals surface area (Å²) in [6, 6.07) is 6.86. The SMILES string of the molecule is O=C(Nc1nccnc1C(=O)O)c1ccc(I)cc1. The van der Waals surface area contributed by atoms with Crippen LogP contribution in [-0.4, -0.2) is 27.0 Å². The number of hydrogen-bond donors (Lipinski definition) is 2. The van der Waals surface area contributed by atoms with Crippen LogP contribution in [0, 0.1) is 3.57 Å². The predicted octanol–water partition coefficient (Wildman–Crippen LogP) is 2.03. The number of rotatable bonds is 3. The molecule has 2 N–H and O–H groups in total. The molecule has 0 saturated carbocycles. The third-order valence-electron chi connectivity index (χ3n) is 2.24. The van der Waals surface area contributed by atoms with Crippen LogP contribution in [-0.2, 0) is 0 Å². The van der Waals surface area contributed by atoms with Gasteiger partial charge in [0.2, 0.25) is 0 Å². The molecule has 2 aromatic rings. The van der Waals surface area contributed by atoms with Gasteiger partial charge >= 0.3 is 5.97 Å². The first-order valence-corrected chi connectivity index (χ1v) is 6.27. The maximum absolute atomic E-state index is 11.9. The van der Waals surface area contributed by atoms with Gasteiger partial charge in [-0.15, -0.1) is 0 Å². The van der Waals surface area contributed by atoms with Crippen molar-refractivity contribution in [3.63, 3.8) is 0 Å². The number of amides is 1. The monoisotopic (exact) mass is 369 g/mol. The molecule has 19 heavy (non-hydrogen) atoms. The van der Waals surface area contributed by atoms with Crippen molar-refractivity contribution in [3.05, 3.63) is 51.5 Å². The summed E-state index contributed by atoms with van der Waals surface area (Å²) in [7, 11) is 0. The average molecular weight is 369 g/mol. The van der Waals surface area contributed by atoms with Crippen molar-refractivity contribution in [2.45, 2.75) is 0 Å². The minimum atomic E-state index is -1.24. The van der Waals surface area contributed by atoms with Gasteiger partial charge in [-0.25, -0.2) is 14.8 Å². The molecule has 0 fully saturated rings. The summed E-state index contributed by atoms with van der Waals surface area (Å²) in [5, 5.41) is 11.4. The van der Waals surface area contributed by atoms with Gasteiger partial charge in [0, 0.05) is 21.5 Å². The number of hydrogen-bond acceptors (Lipinski definition) is 4. The van der Waals surface area contributed by atoms with Crippen molar-refractivity contribution >= 4 is 40.3 Å². The van der Waals surface area contributed by atoms with Gasteiger partial charge < -0.3 is 10.4 Å². The predicted molar refractivity (Wildman–Crippen MR) is 76.1 cm³/mol. The molecular weight excluding hydrogens is 361 g/mol. The number of carboxylic acid groups (broad SMARTS) is 1. The van der Waals surface area contributed by atoms with E-state index in [0.29, 0.717) is 5.56 Å². The molecule has 96 valence electrons. The summed E-state index contributed by atoms with van der Waals surface area (Å²) in [6.45, 7) is 0. The maximum atomic E-state index is 11.9. The van der Waals surface area contributed by atoms with Crippen LogP contribution in [0.4, 0.5) is 5.82 Å². The van der Waals surface area contributed by atoms with E-state index in [-0.39, 0.29) is 11.5 Å². The number of nitrogens with one attached hydrogen (secondary N) is 1. The van der Waals surface area contributed by atoms with Gasteiger partial charge in [0.15, 0.2) is 11.5 Å². The zero-order valence-electron chi connectivity index (χ0n) is 9.50. The molecule has 0 spiro atoms. The highest BCUT2D eigenvalue weighted by atomic mass is 127. The van der Waals surface area contributed by atoms with Crippen molar-refractivity contribution in [2.75, 3.05) is 5.32 Å². The lowest BCUT2D eigenvalue weighted by Crippen LogP contribution is -2.17. The fraction of sp³-hybridized carbons (Fsp3) is 0. The molecule has 1 aromatic carbocycles. The zero-order chi connectivity index (χ0) is 13.8. The Hall–Kier alpha value is -2.03. The zero-order valence-corrected chi connectivity index (χ0v) is 11.7. The average Bonchev–Trinajstić information content (AvgIpc) is 2.39. The second-order valence-corrected chi connectivity index (χ2v) is 4.77. The fourth-order valence-electron chi connectivity index (χ4n) is 1.37. The molecule has 0 saturated heterocycles. The van der Waals surface area contributed by atoms with E-state index in [1.54, 1.807) is 24.3 Å². The fourth-order valence-corrected chi connectivity index (χ4v) is 1.73. The van der Waals surface area contributed by atoms with Crippen molar-refractivity contribution in [3.8, 4) is 0 Å². The number of anilines is 1. The lowest BCUT2D eigenvalue weighted by atomic mass is 10.2. The maximum Gasteiger partial charge on any atom is 0.358 e. The van der Waals surface area contributed by atoms with Gasteiger partial charge in [-0.05, 0) is 46.9 Å². The van der Waals surface area contributed by atoms with Crippen LogP contribution in [0.2, 0.25) is 0 Å². The first-order valence-electron chi connectivity index (χ1n) is 5.19. The van der Waals surface area contributed by atoms with Crippen molar-refractivity contribution in [2.24, 2.45) is 0 Å². The Morgan fingerprint density at radius 2 is 1.74 bits per heavy atom. The number of nitrogens with zero attached hydrogens (tertiary/aromatic N) is 2. The Balaban J connectivity index is 2.24. The van der Waals surface area contributed by atoms with E-state index in [4.69, 9.17) is 5.11 Å². The highest BCUT2D eigenvalue weighted by molar-refractivity contribution is 14.1. The Morgan fingerprint density at radius 1 is 1.11 bits per heavy atom. The number of carboxylic acids is 1. The molecule has 6 nitrogen and oxygen atoms in total. The van der Waals surface area contributed by atoms with Gasteiger partial charge in [-0.2, -0.15) is 0 Å². The highest BCUT2D eigenvalue weighted by Gasteiger charge is 2.15. The Labute approximate surface area is 122 Å². The summed E-state index contributed by atoms with van der Waals surface area (Å²) < 4.78 is 1.000. The Morgan fingerprint density at radius 3 is 2.37 bits per heavy atom. The topological polar surface area (TPSA) is 92.2 Å². The lowest BCUT2D eigenvalue weighted by Gasteiger charge is -2.06. The summed E-state index contributed by atoms with van der Waals surface area (Å²) >= 11 is 2.13. The molecule has 0 aliphatic heterocycles. The van der Waals surface area contributed by atoms with Crippen molar-refractivity contribution in [1.82, 2.24) is 9.97 Å². The first kappa shape index (κ1) is 13.4. The van der Waals surface area contributed by atoms with Crippen LogP contribution in [0.1, 0.15) is 20.8 Å². The number of aromatic nitrogens is 2.